The minimum absolute atomic E-state index is 0.133. The molecule has 3 aromatic rings. The summed E-state index contributed by atoms with van der Waals surface area (Å²) in [6, 6.07) is 13.3. The smallest absolute Gasteiger partial charge is 0.240 e. The van der Waals surface area contributed by atoms with Crippen LogP contribution in [0.5, 0.6) is 0 Å². The molecule has 4 rings (SSSR count). The van der Waals surface area contributed by atoms with Crippen LogP contribution in [0.15, 0.2) is 64.6 Å². The van der Waals surface area contributed by atoms with Gasteiger partial charge in [0.05, 0.1) is 9.79 Å². The van der Waals surface area contributed by atoms with Gasteiger partial charge in [0.2, 0.25) is 10.0 Å². The van der Waals surface area contributed by atoms with Crippen molar-refractivity contribution >= 4 is 43.8 Å². The number of fused-ring (bicyclic) bond motifs is 1. The van der Waals surface area contributed by atoms with E-state index < -0.39 is 20.8 Å². The molecular weight excluding hydrogens is 428 g/mol. The Hall–Kier alpha value is -2.74. The van der Waals surface area contributed by atoms with Gasteiger partial charge >= 0.3 is 0 Å². The first-order chi connectivity index (χ1) is 14.3. The van der Waals surface area contributed by atoms with Gasteiger partial charge in [0.1, 0.15) is 18.0 Å². The first-order valence-electron chi connectivity index (χ1n) is 8.82. The molecule has 10 nitrogen and oxygen atoms in total. The van der Waals surface area contributed by atoms with Gasteiger partial charge in [0.15, 0.2) is 0 Å². The van der Waals surface area contributed by atoms with E-state index in [1.165, 1.54) is 25.5 Å². The van der Waals surface area contributed by atoms with Gasteiger partial charge in [-0.05, 0) is 42.9 Å². The molecule has 12 heteroatoms. The fraction of sp³-hybridized carbons (Fsp3) is 0.111. The highest BCUT2D eigenvalue weighted by atomic mass is 32.3. The van der Waals surface area contributed by atoms with Crippen LogP contribution in [0.1, 0.15) is 5.56 Å². The van der Waals surface area contributed by atoms with Gasteiger partial charge in [0, 0.05) is 24.0 Å². The first kappa shape index (κ1) is 20.5. The zero-order chi connectivity index (χ0) is 21.4. The van der Waals surface area contributed by atoms with Gasteiger partial charge in [-0.2, -0.15) is 0 Å². The Labute approximate surface area is 175 Å². The third-order valence-corrected chi connectivity index (χ3v) is 7.41. The van der Waals surface area contributed by atoms with Crippen molar-refractivity contribution < 1.29 is 17.5 Å². The zero-order valence-electron chi connectivity index (χ0n) is 15.8. The fourth-order valence-electron chi connectivity index (χ4n) is 2.95. The van der Waals surface area contributed by atoms with Crippen LogP contribution < -0.4 is 20.1 Å². The van der Waals surface area contributed by atoms with Crippen molar-refractivity contribution in [2.75, 3.05) is 17.7 Å². The van der Waals surface area contributed by atoms with Crippen LogP contribution in [-0.4, -0.2) is 34.5 Å². The van der Waals surface area contributed by atoms with Gasteiger partial charge in [-0.1, -0.05) is 12.1 Å². The van der Waals surface area contributed by atoms with Crippen molar-refractivity contribution in [2.24, 2.45) is 0 Å². The molecular formula is C18H20N6O4S2. The third kappa shape index (κ3) is 4.23. The standard InChI is InChI=1S/C18H20N6O4S2/c1-19-29(25,26)15-4-2-3-13(7-15)23-17-9-18(21-11-20-17)24-14-6-5-12-10-22-30(27,28)16(12)8-14/h2-9,11,19,22,27-28H,10H2,1H3,(H2,20,21,23,24). The summed E-state index contributed by atoms with van der Waals surface area (Å²) in [5, 5.41) is 6.16. The highest BCUT2D eigenvalue weighted by Crippen LogP contribution is 2.51. The Morgan fingerprint density at radius 3 is 2.40 bits per heavy atom. The van der Waals surface area contributed by atoms with E-state index in [1.807, 2.05) is 12.1 Å². The number of hydrogen-bond acceptors (Lipinski definition) is 9. The van der Waals surface area contributed by atoms with Crippen LogP contribution in [0.2, 0.25) is 0 Å². The van der Waals surface area contributed by atoms with Gasteiger partial charge in [0.25, 0.3) is 0 Å². The van der Waals surface area contributed by atoms with Crippen molar-refractivity contribution in [1.82, 2.24) is 19.4 Å². The van der Waals surface area contributed by atoms with Crippen LogP contribution in [0.25, 0.3) is 0 Å². The van der Waals surface area contributed by atoms with E-state index in [1.54, 1.807) is 24.3 Å². The second-order valence-electron chi connectivity index (χ2n) is 6.47. The molecule has 6 N–H and O–H groups in total. The summed E-state index contributed by atoms with van der Waals surface area (Å²) >= 11 is 0. The molecule has 1 aromatic heterocycles. The zero-order valence-corrected chi connectivity index (χ0v) is 17.5. The van der Waals surface area contributed by atoms with Gasteiger partial charge in [-0.3, -0.25) is 9.11 Å². The highest BCUT2D eigenvalue weighted by Gasteiger charge is 2.26. The van der Waals surface area contributed by atoms with Gasteiger partial charge in [-0.15, -0.1) is 10.8 Å². The van der Waals surface area contributed by atoms with E-state index in [0.717, 1.165) is 5.56 Å². The molecule has 0 amide bonds. The number of nitrogens with zero attached hydrogens (tertiary/aromatic N) is 2. The first-order valence-corrected chi connectivity index (χ1v) is 11.9. The molecule has 0 aliphatic carbocycles. The maximum absolute atomic E-state index is 12.0. The number of anilines is 4. The molecule has 0 fully saturated rings. The SMILES string of the molecule is CNS(=O)(=O)c1cccc(Nc2cc(Nc3ccc4c(c3)S(O)(O)NC4)ncn2)c1. The van der Waals surface area contributed by atoms with Gasteiger partial charge < -0.3 is 10.6 Å². The molecule has 0 saturated heterocycles. The molecule has 0 unspecified atom stereocenters. The normalized spacial score (nSPS) is 16.0. The minimum Gasteiger partial charge on any atom is -0.340 e. The summed E-state index contributed by atoms with van der Waals surface area (Å²) in [7, 11) is -5.18. The van der Waals surface area contributed by atoms with E-state index in [-0.39, 0.29) is 4.90 Å². The molecule has 0 bridgehead atoms. The van der Waals surface area contributed by atoms with E-state index in [2.05, 4.69) is 30.0 Å². The van der Waals surface area contributed by atoms with Crippen molar-refractivity contribution in [3.8, 4) is 0 Å². The number of rotatable bonds is 6. The van der Waals surface area contributed by atoms with E-state index in [0.29, 0.717) is 34.5 Å². The van der Waals surface area contributed by atoms with Crippen LogP contribution >= 0.6 is 10.8 Å². The maximum Gasteiger partial charge on any atom is 0.240 e. The van der Waals surface area contributed by atoms with Crippen LogP contribution in [0, 0.1) is 0 Å². The second kappa shape index (κ2) is 7.83. The average Bonchev–Trinajstić information content (AvgIpc) is 3.03. The minimum atomic E-state index is -3.56. The lowest BCUT2D eigenvalue weighted by Crippen LogP contribution is -2.18. The Morgan fingerprint density at radius 1 is 1.00 bits per heavy atom. The Balaban J connectivity index is 1.54. The van der Waals surface area contributed by atoms with E-state index >= 15 is 0 Å². The molecule has 0 saturated carbocycles. The number of nitrogens with one attached hydrogen (secondary N) is 4. The maximum atomic E-state index is 12.0. The van der Waals surface area contributed by atoms with Crippen molar-refractivity contribution in [3.63, 3.8) is 0 Å². The number of aromatic nitrogens is 2. The lowest BCUT2D eigenvalue weighted by atomic mass is 10.2. The monoisotopic (exact) mass is 448 g/mol. The summed E-state index contributed by atoms with van der Waals surface area (Å²) in [5.74, 6) is 0.938. The number of sulfonamides is 1. The topological polar surface area (TPSA) is 148 Å². The highest BCUT2D eigenvalue weighted by molar-refractivity contribution is 8.22. The Morgan fingerprint density at radius 2 is 1.70 bits per heavy atom. The second-order valence-corrected chi connectivity index (χ2v) is 10.2. The summed E-state index contributed by atoms with van der Waals surface area (Å²) in [6.07, 6.45) is 1.36. The van der Waals surface area contributed by atoms with E-state index in [4.69, 9.17) is 0 Å². The molecule has 30 heavy (non-hydrogen) atoms. The van der Waals surface area contributed by atoms with Gasteiger partial charge in [-0.25, -0.2) is 27.8 Å². The largest absolute Gasteiger partial charge is 0.340 e. The van der Waals surface area contributed by atoms with Crippen LogP contribution in [0.3, 0.4) is 0 Å². The lowest BCUT2D eigenvalue weighted by Gasteiger charge is -2.27. The Bertz CT molecular complexity index is 1200. The lowest BCUT2D eigenvalue weighted by molar-refractivity contribution is 0.478. The van der Waals surface area contributed by atoms with Crippen molar-refractivity contribution in [2.45, 2.75) is 16.3 Å². The van der Waals surface area contributed by atoms with E-state index in [9.17, 15) is 17.5 Å². The molecule has 0 atom stereocenters. The molecule has 1 aliphatic rings. The molecule has 1 aliphatic heterocycles. The summed E-state index contributed by atoms with van der Waals surface area (Å²) in [5.41, 5.74) is 2.03. The quantitative estimate of drug-likeness (QED) is 0.335. The summed E-state index contributed by atoms with van der Waals surface area (Å²) < 4.78 is 49.0. The summed E-state index contributed by atoms with van der Waals surface area (Å²) in [6.45, 7) is 0.405. The number of benzene rings is 2. The van der Waals surface area contributed by atoms with Crippen molar-refractivity contribution in [1.29, 1.82) is 0 Å². The molecule has 0 radical (unpaired) electrons. The fourth-order valence-corrected chi connectivity index (χ4v) is 5.03. The third-order valence-electron chi connectivity index (χ3n) is 4.46. The Kier molecular flexibility index (Phi) is 5.36. The molecule has 158 valence electrons. The van der Waals surface area contributed by atoms with Crippen LogP contribution in [-0.2, 0) is 16.6 Å². The average molecular weight is 449 g/mol. The predicted molar refractivity (Wildman–Crippen MR) is 116 cm³/mol. The summed E-state index contributed by atoms with van der Waals surface area (Å²) in [4.78, 5) is 8.92. The predicted octanol–water partition coefficient (Wildman–Crippen LogP) is 3.00. The molecule has 2 aromatic carbocycles. The number of hydrogen-bond donors (Lipinski definition) is 6. The molecule has 0 spiro atoms. The molecule has 2 heterocycles. The van der Waals surface area contributed by atoms with Crippen LogP contribution in [0.4, 0.5) is 23.0 Å². The van der Waals surface area contributed by atoms with Crippen molar-refractivity contribution in [3.05, 3.63) is 60.4 Å².